The molecule has 3 rings (SSSR count). The summed E-state index contributed by atoms with van der Waals surface area (Å²) in [5.41, 5.74) is 1.15. The van der Waals surface area contributed by atoms with E-state index < -0.39 is 0 Å². The number of imidazole rings is 1. The highest BCUT2D eigenvalue weighted by molar-refractivity contribution is 5.42. The number of para-hydroxylation sites is 1. The first kappa shape index (κ1) is 11.3. The smallest absolute Gasteiger partial charge is 0.207 e. The van der Waals surface area contributed by atoms with E-state index in [1.54, 1.807) is 0 Å². The summed E-state index contributed by atoms with van der Waals surface area (Å²) < 4.78 is 2.11. The Morgan fingerprint density at radius 1 is 1.28 bits per heavy atom. The van der Waals surface area contributed by atoms with Gasteiger partial charge in [0, 0.05) is 24.1 Å². The minimum Gasteiger partial charge on any atom is -0.353 e. The topological polar surface area (TPSA) is 29.9 Å². The standard InChI is InChI=1S/C15H19N3/c1-12(13-6-5-7-13)17-15-16-10-11-18(15)14-8-3-2-4-9-14/h2-4,8-13H,5-7H2,1H3,(H,16,17). The molecule has 3 nitrogen and oxygen atoms in total. The molecule has 1 unspecified atom stereocenters. The number of anilines is 1. The van der Waals surface area contributed by atoms with E-state index in [9.17, 15) is 0 Å². The van der Waals surface area contributed by atoms with Gasteiger partial charge in [-0.25, -0.2) is 4.98 Å². The van der Waals surface area contributed by atoms with E-state index in [-0.39, 0.29) is 0 Å². The van der Waals surface area contributed by atoms with E-state index in [2.05, 4.69) is 46.1 Å². The van der Waals surface area contributed by atoms with Crippen LogP contribution < -0.4 is 5.32 Å². The molecule has 0 spiro atoms. The average Bonchev–Trinajstić information content (AvgIpc) is 2.76. The molecule has 1 heterocycles. The van der Waals surface area contributed by atoms with Crippen molar-refractivity contribution in [2.24, 2.45) is 5.92 Å². The second-order valence-corrected chi connectivity index (χ2v) is 5.08. The summed E-state index contributed by atoms with van der Waals surface area (Å²) in [7, 11) is 0. The van der Waals surface area contributed by atoms with Gasteiger partial charge in [0.05, 0.1) is 0 Å². The van der Waals surface area contributed by atoms with Crippen molar-refractivity contribution in [1.82, 2.24) is 9.55 Å². The third-order valence-corrected chi connectivity index (χ3v) is 3.89. The van der Waals surface area contributed by atoms with Crippen molar-refractivity contribution < 1.29 is 0 Å². The van der Waals surface area contributed by atoms with Gasteiger partial charge < -0.3 is 5.32 Å². The molecule has 1 N–H and O–H groups in total. The van der Waals surface area contributed by atoms with Gasteiger partial charge in [0.2, 0.25) is 5.95 Å². The summed E-state index contributed by atoms with van der Waals surface area (Å²) in [6, 6.07) is 10.8. The molecule has 1 aliphatic carbocycles. The van der Waals surface area contributed by atoms with Gasteiger partial charge in [0.1, 0.15) is 0 Å². The zero-order valence-electron chi connectivity index (χ0n) is 10.7. The number of aromatic nitrogens is 2. The van der Waals surface area contributed by atoms with Crippen LogP contribution in [0.15, 0.2) is 42.7 Å². The molecule has 1 saturated carbocycles. The fourth-order valence-electron chi connectivity index (χ4n) is 2.47. The van der Waals surface area contributed by atoms with Crippen LogP contribution in [0.5, 0.6) is 0 Å². The SMILES string of the molecule is CC(Nc1nccn1-c1ccccc1)C1CCC1. The first-order valence-corrected chi connectivity index (χ1v) is 6.70. The van der Waals surface area contributed by atoms with Crippen LogP contribution in [0.2, 0.25) is 0 Å². The van der Waals surface area contributed by atoms with Gasteiger partial charge in [-0.05, 0) is 37.8 Å². The summed E-state index contributed by atoms with van der Waals surface area (Å²) in [5, 5.41) is 3.54. The lowest BCUT2D eigenvalue weighted by atomic mass is 9.80. The monoisotopic (exact) mass is 241 g/mol. The lowest BCUT2D eigenvalue weighted by Gasteiger charge is -2.32. The fourth-order valence-corrected chi connectivity index (χ4v) is 2.47. The van der Waals surface area contributed by atoms with Gasteiger partial charge in [0.15, 0.2) is 0 Å². The first-order valence-electron chi connectivity index (χ1n) is 6.70. The Bertz CT molecular complexity index is 499. The van der Waals surface area contributed by atoms with E-state index in [4.69, 9.17) is 0 Å². The fraction of sp³-hybridized carbons (Fsp3) is 0.400. The second-order valence-electron chi connectivity index (χ2n) is 5.08. The Morgan fingerprint density at radius 2 is 2.06 bits per heavy atom. The summed E-state index contributed by atoms with van der Waals surface area (Å²) >= 11 is 0. The molecule has 0 radical (unpaired) electrons. The van der Waals surface area contributed by atoms with Crippen LogP contribution in [0.25, 0.3) is 5.69 Å². The minimum atomic E-state index is 0.503. The number of nitrogens with zero attached hydrogens (tertiary/aromatic N) is 2. The molecule has 0 amide bonds. The highest BCUT2D eigenvalue weighted by atomic mass is 15.2. The highest BCUT2D eigenvalue weighted by Gasteiger charge is 2.24. The lowest BCUT2D eigenvalue weighted by Crippen LogP contribution is -2.31. The van der Waals surface area contributed by atoms with Crippen molar-refractivity contribution in [3.05, 3.63) is 42.7 Å². The number of hydrogen-bond donors (Lipinski definition) is 1. The van der Waals surface area contributed by atoms with Crippen LogP contribution in [-0.2, 0) is 0 Å². The zero-order valence-corrected chi connectivity index (χ0v) is 10.7. The molecule has 18 heavy (non-hydrogen) atoms. The maximum atomic E-state index is 4.43. The lowest BCUT2D eigenvalue weighted by molar-refractivity contribution is 0.284. The molecule has 0 aliphatic heterocycles. The van der Waals surface area contributed by atoms with Gasteiger partial charge in [0.25, 0.3) is 0 Å². The van der Waals surface area contributed by atoms with Gasteiger partial charge in [-0.15, -0.1) is 0 Å². The third-order valence-electron chi connectivity index (χ3n) is 3.89. The molecule has 1 atom stereocenters. The quantitative estimate of drug-likeness (QED) is 0.888. The molecular weight excluding hydrogens is 222 g/mol. The average molecular weight is 241 g/mol. The van der Waals surface area contributed by atoms with Gasteiger partial charge in [-0.2, -0.15) is 0 Å². The molecule has 0 bridgehead atoms. The van der Waals surface area contributed by atoms with Crippen molar-refractivity contribution in [1.29, 1.82) is 0 Å². The van der Waals surface area contributed by atoms with Gasteiger partial charge >= 0.3 is 0 Å². The Morgan fingerprint density at radius 3 is 2.72 bits per heavy atom. The number of nitrogens with one attached hydrogen (secondary N) is 1. The van der Waals surface area contributed by atoms with Gasteiger partial charge in [-0.1, -0.05) is 24.6 Å². The van der Waals surface area contributed by atoms with Crippen molar-refractivity contribution >= 4 is 5.95 Å². The predicted molar refractivity (Wildman–Crippen MR) is 74.0 cm³/mol. The van der Waals surface area contributed by atoms with Crippen molar-refractivity contribution in [3.8, 4) is 5.69 Å². The van der Waals surface area contributed by atoms with E-state index in [1.807, 2.05) is 18.5 Å². The van der Waals surface area contributed by atoms with E-state index in [0.29, 0.717) is 6.04 Å². The molecular formula is C15H19N3. The molecule has 2 aromatic rings. The van der Waals surface area contributed by atoms with Crippen LogP contribution in [-0.4, -0.2) is 15.6 Å². The Labute approximate surface area is 108 Å². The van der Waals surface area contributed by atoms with Crippen LogP contribution in [0.1, 0.15) is 26.2 Å². The van der Waals surface area contributed by atoms with Crippen molar-refractivity contribution in [3.63, 3.8) is 0 Å². The predicted octanol–water partition coefficient (Wildman–Crippen LogP) is 3.47. The summed E-state index contributed by atoms with van der Waals surface area (Å²) in [6.07, 6.45) is 7.93. The number of benzene rings is 1. The molecule has 1 aliphatic rings. The number of hydrogen-bond acceptors (Lipinski definition) is 2. The maximum absolute atomic E-state index is 4.43. The summed E-state index contributed by atoms with van der Waals surface area (Å²) in [6.45, 7) is 2.26. The highest BCUT2D eigenvalue weighted by Crippen LogP contribution is 2.31. The molecule has 1 fully saturated rings. The Balaban J connectivity index is 1.79. The van der Waals surface area contributed by atoms with Crippen molar-refractivity contribution in [2.75, 3.05) is 5.32 Å². The summed E-state index contributed by atoms with van der Waals surface area (Å²) in [4.78, 5) is 4.43. The van der Waals surface area contributed by atoms with Gasteiger partial charge in [-0.3, -0.25) is 4.57 Å². The Hall–Kier alpha value is -1.77. The molecule has 1 aromatic carbocycles. The minimum absolute atomic E-state index is 0.503. The van der Waals surface area contributed by atoms with Crippen LogP contribution in [0.4, 0.5) is 5.95 Å². The molecule has 3 heteroatoms. The zero-order chi connectivity index (χ0) is 12.4. The van der Waals surface area contributed by atoms with Crippen LogP contribution in [0.3, 0.4) is 0 Å². The van der Waals surface area contributed by atoms with E-state index in [1.165, 1.54) is 19.3 Å². The first-order chi connectivity index (χ1) is 8.84. The third kappa shape index (κ3) is 2.13. The second kappa shape index (κ2) is 4.84. The van der Waals surface area contributed by atoms with E-state index in [0.717, 1.165) is 17.6 Å². The Kier molecular flexibility index (Phi) is 3.05. The van der Waals surface area contributed by atoms with Crippen molar-refractivity contribution in [2.45, 2.75) is 32.2 Å². The maximum Gasteiger partial charge on any atom is 0.207 e. The molecule has 94 valence electrons. The number of rotatable bonds is 4. The molecule has 0 saturated heterocycles. The largest absolute Gasteiger partial charge is 0.353 e. The molecule has 1 aromatic heterocycles. The van der Waals surface area contributed by atoms with Crippen LogP contribution >= 0.6 is 0 Å². The normalized spacial score (nSPS) is 17.2. The van der Waals surface area contributed by atoms with E-state index >= 15 is 0 Å². The summed E-state index contributed by atoms with van der Waals surface area (Å²) in [5.74, 6) is 1.76. The van der Waals surface area contributed by atoms with Crippen LogP contribution in [0, 0.1) is 5.92 Å².